The number of methoxy groups -OCH3 is 3. The molecular weight excluding hydrogens is 876 g/mol. The molecule has 4 aliphatic heterocycles. The van der Waals surface area contributed by atoms with Gasteiger partial charge in [0.2, 0.25) is 19.3 Å². The molecule has 2 aromatic heterocycles. The number of carbonyl (C=O) groups excluding carboxylic acids is 2. The molecule has 4 atom stereocenters. The number of aryl methyl sites for hydroxylation is 1. The number of cyclic esters (lactones) is 1. The van der Waals surface area contributed by atoms with Crippen LogP contribution in [0.1, 0.15) is 48.0 Å². The van der Waals surface area contributed by atoms with Crippen molar-refractivity contribution in [1.29, 1.82) is 0 Å². The van der Waals surface area contributed by atoms with Gasteiger partial charge < -0.3 is 57.8 Å². The molecule has 61 heavy (non-hydrogen) atoms. The van der Waals surface area contributed by atoms with E-state index in [1.807, 2.05) is 36.4 Å². The van der Waals surface area contributed by atoms with Crippen molar-refractivity contribution in [2.75, 3.05) is 60.3 Å². The fraction of sp³-hybridized carbons (Fsp3) is 0.405. The maximum absolute atomic E-state index is 14.1. The molecule has 3 aromatic carbocycles. The van der Waals surface area contributed by atoms with Crippen LogP contribution in [0.3, 0.4) is 0 Å². The summed E-state index contributed by atoms with van der Waals surface area (Å²) in [6.07, 6.45) is 2.58. The average molecular weight is 918 g/mol. The lowest BCUT2D eigenvalue weighted by molar-refractivity contribution is -0.141. The maximum Gasteiger partial charge on any atom is 0.410 e. The van der Waals surface area contributed by atoms with Gasteiger partial charge in [-0.2, -0.15) is 0 Å². The van der Waals surface area contributed by atoms with E-state index in [-0.39, 0.29) is 26.2 Å². The van der Waals surface area contributed by atoms with Crippen molar-refractivity contribution in [3.05, 3.63) is 63.9 Å². The Kier molecular flexibility index (Phi) is 10.2. The topological polar surface area (TPSA) is 190 Å². The molecule has 2 saturated heterocycles. The highest BCUT2D eigenvalue weighted by molar-refractivity contribution is 9.10. The standard InChI is InChI=1S/C42H41BrN6O11S/c1-52-30-10-21(11-31(53-2)37(30)54-3)33-22-12-26-27(57-18-56-26)13-23(22)36(24-16-55-40(50)34(24)33)60-42(51)48-7-4-20(5-8-48)6-9-49-39-35(38(44)45-17-46-39)47-41(49)61-32-15-29-28(14-25(32)43)58-19-59-29/h10-15,17,20,24,33-34,36H,4-9,16,18-19H2,1-3H3,(H2,44,45,46)/t24-,33+,34-,36-/m0/s1. The summed E-state index contributed by atoms with van der Waals surface area (Å²) < 4.78 is 54.9. The predicted molar refractivity (Wildman–Crippen MR) is 221 cm³/mol. The van der Waals surface area contributed by atoms with Gasteiger partial charge in [0, 0.05) is 46.4 Å². The lowest BCUT2D eigenvalue weighted by atomic mass is 9.66. The number of carbonyl (C=O) groups is 2. The number of fused-ring (bicyclic) bond motifs is 5. The van der Waals surface area contributed by atoms with Crippen molar-refractivity contribution < 1.29 is 52.2 Å². The fourth-order valence-electron chi connectivity index (χ4n) is 9.13. The van der Waals surface area contributed by atoms with E-state index in [0.717, 1.165) is 50.5 Å². The first-order valence-corrected chi connectivity index (χ1v) is 21.4. The molecule has 0 unspecified atom stereocenters. The Bertz CT molecular complexity index is 2540. The number of rotatable bonds is 10. The molecule has 2 fully saturated rings. The van der Waals surface area contributed by atoms with Gasteiger partial charge in [0.05, 0.1) is 33.9 Å². The number of halogens is 1. The minimum atomic E-state index is -0.783. The summed E-state index contributed by atoms with van der Waals surface area (Å²) in [6.45, 7) is 1.96. The Morgan fingerprint density at radius 2 is 1.56 bits per heavy atom. The summed E-state index contributed by atoms with van der Waals surface area (Å²) >= 11 is 5.15. The Morgan fingerprint density at radius 1 is 0.885 bits per heavy atom. The van der Waals surface area contributed by atoms with Gasteiger partial charge in [0.1, 0.15) is 12.4 Å². The van der Waals surface area contributed by atoms with Crippen LogP contribution in [0.25, 0.3) is 11.2 Å². The van der Waals surface area contributed by atoms with Gasteiger partial charge in [-0.15, -0.1) is 0 Å². The highest BCUT2D eigenvalue weighted by atomic mass is 79.9. The van der Waals surface area contributed by atoms with Crippen molar-refractivity contribution in [3.63, 3.8) is 0 Å². The summed E-state index contributed by atoms with van der Waals surface area (Å²) in [6, 6.07) is 11.2. The second-order valence-electron chi connectivity index (χ2n) is 15.3. The number of esters is 1. The molecule has 0 radical (unpaired) electrons. The van der Waals surface area contributed by atoms with Gasteiger partial charge in [-0.25, -0.2) is 19.7 Å². The second-order valence-corrected chi connectivity index (χ2v) is 17.2. The molecular formula is C42H41BrN6O11S. The average Bonchev–Trinajstić information content (AvgIpc) is 4.09. The molecule has 0 saturated carbocycles. The first-order valence-electron chi connectivity index (χ1n) is 19.8. The quantitative estimate of drug-likeness (QED) is 0.145. The lowest BCUT2D eigenvalue weighted by Crippen LogP contribution is -2.42. The molecule has 2 N–H and O–H groups in total. The molecule has 6 heterocycles. The molecule has 5 aromatic rings. The van der Waals surface area contributed by atoms with Crippen LogP contribution in [0.2, 0.25) is 0 Å². The normalized spacial score (nSPS) is 21.2. The van der Waals surface area contributed by atoms with Crippen molar-refractivity contribution in [1.82, 2.24) is 24.4 Å². The molecule has 17 nitrogen and oxygen atoms in total. The third kappa shape index (κ3) is 6.90. The first kappa shape index (κ1) is 39.3. The zero-order chi connectivity index (χ0) is 41.9. The lowest BCUT2D eigenvalue weighted by Gasteiger charge is -2.40. The van der Waals surface area contributed by atoms with E-state index in [2.05, 4.69) is 30.5 Å². The van der Waals surface area contributed by atoms with E-state index in [1.54, 1.807) is 19.1 Å². The summed E-state index contributed by atoms with van der Waals surface area (Å²) in [5, 5.41) is 0.721. The van der Waals surface area contributed by atoms with Crippen LogP contribution in [0.15, 0.2) is 57.3 Å². The Hall–Kier alpha value is -5.82. The zero-order valence-corrected chi connectivity index (χ0v) is 35.8. The molecule has 10 rings (SSSR count). The minimum absolute atomic E-state index is 0.0536. The number of ether oxygens (including phenoxy) is 9. The van der Waals surface area contributed by atoms with Crippen molar-refractivity contribution in [2.24, 2.45) is 17.8 Å². The van der Waals surface area contributed by atoms with E-state index in [1.165, 1.54) is 25.2 Å². The van der Waals surface area contributed by atoms with Gasteiger partial charge in [0.25, 0.3) is 0 Å². The number of imidazole rings is 1. The number of hydrogen-bond acceptors (Lipinski definition) is 16. The number of hydrogen-bond donors (Lipinski definition) is 1. The molecule has 1 aliphatic carbocycles. The largest absolute Gasteiger partial charge is 0.493 e. The van der Waals surface area contributed by atoms with E-state index < -0.39 is 30.0 Å². The smallest absolute Gasteiger partial charge is 0.410 e. The number of benzene rings is 3. The number of amides is 1. The number of piperidine rings is 1. The SMILES string of the molecule is COc1cc([C@@H]2c3cc4c(cc3[C@H](OC(=O)N3CCC(CCn5c(Sc6cc7c(cc6Br)OCO7)nc6c(N)ncnc65)CC3)[C@H]3COC(=O)[C@H]23)OCO4)cc(OC)c1OC. The minimum Gasteiger partial charge on any atom is -0.493 e. The maximum atomic E-state index is 14.1. The van der Waals surface area contributed by atoms with Gasteiger partial charge >= 0.3 is 12.1 Å². The summed E-state index contributed by atoms with van der Waals surface area (Å²) in [7, 11) is 4.63. The molecule has 5 aliphatic rings. The van der Waals surface area contributed by atoms with Crippen LogP contribution in [-0.4, -0.2) is 91.1 Å². The number of nitrogens with two attached hydrogens (primary N) is 1. The number of likely N-dealkylation sites (tertiary alicyclic amines) is 1. The fourth-order valence-corrected chi connectivity index (χ4v) is 10.6. The Labute approximate surface area is 362 Å². The number of aromatic nitrogens is 4. The van der Waals surface area contributed by atoms with Crippen LogP contribution < -0.4 is 38.9 Å². The monoisotopic (exact) mass is 916 g/mol. The van der Waals surface area contributed by atoms with Crippen molar-refractivity contribution in [2.45, 2.75) is 47.9 Å². The summed E-state index contributed by atoms with van der Waals surface area (Å²) in [5.74, 6) is 2.36. The molecule has 19 heteroatoms. The zero-order valence-electron chi connectivity index (χ0n) is 33.4. The van der Waals surface area contributed by atoms with Crippen molar-refractivity contribution in [3.8, 4) is 40.2 Å². The van der Waals surface area contributed by atoms with Gasteiger partial charge in [-0.05, 0) is 88.6 Å². The Morgan fingerprint density at radius 3 is 2.25 bits per heavy atom. The third-order valence-electron chi connectivity index (χ3n) is 12.2. The predicted octanol–water partition coefficient (Wildman–Crippen LogP) is 6.72. The molecule has 1 amide bonds. The van der Waals surface area contributed by atoms with E-state index in [0.29, 0.717) is 82.8 Å². The highest BCUT2D eigenvalue weighted by Crippen LogP contribution is 2.57. The van der Waals surface area contributed by atoms with Crippen LogP contribution in [0, 0.1) is 17.8 Å². The van der Waals surface area contributed by atoms with E-state index >= 15 is 0 Å². The van der Waals surface area contributed by atoms with Gasteiger partial charge in [-0.1, -0.05) is 11.8 Å². The molecule has 0 spiro atoms. The van der Waals surface area contributed by atoms with Crippen molar-refractivity contribution >= 4 is 56.7 Å². The van der Waals surface area contributed by atoms with Gasteiger partial charge in [-0.3, -0.25) is 4.79 Å². The van der Waals surface area contributed by atoms with E-state index in [9.17, 15) is 9.59 Å². The first-order chi connectivity index (χ1) is 29.7. The third-order valence-corrected chi connectivity index (χ3v) is 14.2. The van der Waals surface area contributed by atoms with Crippen LogP contribution in [0.5, 0.6) is 40.2 Å². The Balaban J connectivity index is 0.867. The van der Waals surface area contributed by atoms with Gasteiger partial charge in [0.15, 0.2) is 56.6 Å². The van der Waals surface area contributed by atoms with E-state index in [4.69, 9.17) is 53.3 Å². The van der Waals surface area contributed by atoms with Crippen LogP contribution >= 0.6 is 27.7 Å². The number of nitrogen functional groups attached to an aromatic ring is 1. The number of anilines is 1. The highest BCUT2D eigenvalue weighted by Gasteiger charge is 2.54. The summed E-state index contributed by atoms with van der Waals surface area (Å²) in [5.41, 5.74) is 9.69. The number of nitrogens with zero attached hydrogens (tertiary/aromatic N) is 5. The molecule has 318 valence electrons. The summed E-state index contributed by atoms with van der Waals surface area (Å²) in [4.78, 5) is 44.1. The second kappa shape index (κ2) is 15.9. The van der Waals surface area contributed by atoms with Crippen LogP contribution in [0.4, 0.5) is 10.6 Å². The van der Waals surface area contributed by atoms with Crippen LogP contribution in [-0.2, 0) is 20.8 Å². The molecule has 0 bridgehead atoms.